The third-order valence-corrected chi connectivity index (χ3v) is 5.72. The van der Waals surface area contributed by atoms with Crippen LogP contribution in [0.15, 0.2) is 77.6 Å². The Morgan fingerprint density at radius 1 is 0.882 bits per heavy atom. The molecule has 1 N–H and O–H groups in total. The fourth-order valence-electron chi connectivity index (χ4n) is 3.92. The van der Waals surface area contributed by atoms with Gasteiger partial charge in [0.1, 0.15) is 0 Å². The number of rotatable bonds is 6. The number of benzene rings is 3. The standard InChI is InChI=1S/C27H26N4O3/c1-18-10-9-11-19(2)24(18)28-23(32)17-30(3)27(34)25-21-14-7-8-15-22(21)26(33)31(29-25)16-20-12-5-4-6-13-20/h4-15H,16-17H2,1-3H3,(H,28,32). The smallest absolute Gasteiger partial charge is 0.275 e. The van der Waals surface area contributed by atoms with Crippen LogP contribution < -0.4 is 10.9 Å². The predicted molar refractivity (Wildman–Crippen MR) is 133 cm³/mol. The molecule has 1 heterocycles. The highest BCUT2D eigenvalue weighted by Crippen LogP contribution is 2.20. The van der Waals surface area contributed by atoms with Crippen molar-refractivity contribution in [2.75, 3.05) is 18.9 Å². The van der Waals surface area contributed by atoms with Gasteiger partial charge in [0.25, 0.3) is 11.5 Å². The average molecular weight is 455 g/mol. The zero-order valence-corrected chi connectivity index (χ0v) is 19.4. The molecule has 1 aromatic heterocycles. The van der Waals surface area contributed by atoms with Gasteiger partial charge in [-0.3, -0.25) is 14.4 Å². The van der Waals surface area contributed by atoms with Crippen LogP contribution in [-0.2, 0) is 11.3 Å². The second-order valence-corrected chi connectivity index (χ2v) is 8.32. The van der Waals surface area contributed by atoms with Gasteiger partial charge < -0.3 is 10.2 Å². The maximum absolute atomic E-state index is 13.4. The van der Waals surface area contributed by atoms with Gasteiger partial charge in [-0.1, -0.05) is 66.7 Å². The number of nitrogens with one attached hydrogen (secondary N) is 1. The van der Waals surface area contributed by atoms with Crippen LogP contribution in [0.25, 0.3) is 10.8 Å². The van der Waals surface area contributed by atoms with Crippen LogP contribution in [0.4, 0.5) is 5.69 Å². The minimum absolute atomic E-state index is 0.133. The van der Waals surface area contributed by atoms with Crippen LogP contribution in [-0.4, -0.2) is 40.1 Å². The summed E-state index contributed by atoms with van der Waals surface area (Å²) in [6, 6.07) is 22.1. The fraction of sp³-hybridized carbons (Fsp3) is 0.185. The number of fused-ring (bicyclic) bond motifs is 1. The Bertz CT molecular complexity index is 1410. The summed E-state index contributed by atoms with van der Waals surface area (Å²) >= 11 is 0. The summed E-state index contributed by atoms with van der Waals surface area (Å²) in [7, 11) is 1.55. The highest BCUT2D eigenvalue weighted by molar-refractivity contribution is 6.06. The van der Waals surface area contributed by atoms with E-state index in [0.29, 0.717) is 10.8 Å². The first-order chi connectivity index (χ1) is 16.3. The molecule has 7 heteroatoms. The molecule has 0 saturated carbocycles. The molecule has 7 nitrogen and oxygen atoms in total. The summed E-state index contributed by atoms with van der Waals surface area (Å²) in [6.07, 6.45) is 0. The van der Waals surface area contributed by atoms with Crippen molar-refractivity contribution in [3.8, 4) is 0 Å². The van der Waals surface area contributed by atoms with E-state index in [-0.39, 0.29) is 30.2 Å². The molecule has 34 heavy (non-hydrogen) atoms. The van der Waals surface area contributed by atoms with Gasteiger partial charge in [0.05, 0.1) is 18.5 Å². The number of amides is 2. The quantitative estimate of drug-likeness (QED) is 0.481. The Balaban J connectivity index is 1.63. The molecule has 0 aliphatic rings. The van der Waals surface area contributed by atoms with Crippen molar-refractivity contribution < 1.29 is 9.59 Å². The highest BCUT2D eigenvalue weighted by atomic mass is 16.2. The van der Waals surface area contributed by atoms with E-state index < -0.39 is 5.91 Å². The van der Waals surface area contributed by atoms with E-state index in [0.717, 1.165) is 22.4 Å². The molecule has 0 aliphatic carbocycles. The number of carbonyl (C=O) groups is 2. The molecule has 0 radical (unpaired) electrons. The van der Waals surface area contributed by atoms with Crippen molar-refractivity contribution in [3.05, 3.63) is 106 Å². The first kappa shape index (κ1) is 22.9. The van der Waals surface area contributed by atoms with Gasteiger partial charge in [-0.2, -0.15) is 5.10 Å². The summed E-state index contributed by atoms with van der Waals surface area (Å²) in [6.45, 7) is 3.93. The van der Waals surface area contributed by atoms with Crippen molar-refractivity contribution in [1.29, 1.82) is 0 Å². The van der Waals surface area contributed by atoms with E-state index in [1.165, 1.54) is 9.58 Å². The molecule has 4 rings (SSSR count). The summed E-state index contributed by atoms with van der Waals surface area (Å²) in [5, 5.41) is 8.18. The minimum Gasteiger partial charge on any atom is -0.331 e. The lowest BCUT2D eigenvalue weighted by molar-refractivity contribution is -0.116. The van der Waals surface area contributed by atoms with Gasteiger partial charge >= 0.3 is 0 Å². The molecular weight excluding hydrogens is 428 g/mol. The molecule has 0 bridgehead atoms. The lowest BCUT2D eigenvalue weighted by atomic mass is 10.1. The van der Waals surface area contributed by atoms with Gasteiger partial charge in [-0.15, -0.1) is 0 Å². The number of hydrogen-bond donors (Lipinski definition) is 1. The normalized spacial score (nSPS) is 10.8. The number of para-hydroxylation sites is 1. The van der Waals surface area contributed by atoms with Crippen LogP contribution in [0.1, 0.15) is 27.2 Å². The minimum atomic E-state index is -0.435. The van der Waals surface area contributed by atoms with Crippen LogP contribution in [0.2, 0.25) is 0 Å². The first-order valence-corrected chi connectivity index (χ1v) is 11.0. The Hall–Kier alpha value is -4.26. The maximum Gasteiger partial charge on any atom is 0.275 e. The summed E-state index contributed by atoms with van der Waals surface area (Å²) in [5.41, 5.74) is 3.39. The number of hydrogen-bond acceptors (Lipinski definition) is 4. The average Bonchev–Trinajstić information content (AvgIpc) is 2.83. The molecule has 2 amide bonds. The van der Waals surface area contributed by atoms with Gasteiger partial charge in [-0.25, -0.2) is 4.68 Å². The van der Waals surface area contributed by atoms with Crippen molar-refractivity contribution in [2.24, 2.45) is 0 Å². The number of nitrogens with zero attached hydrogens (tertiary/aromatic N) is 3. The Morgan fingerprint density at radius 2 is 1.50 bits per heavy atom. The topological polar surface area (TPSA) is 84.3 Å². The third-order valence-electron chi connectivity index (χ3n) is 5.72. The molecule has 0 spiro atoms. The van der Waals surface area contributed by atoms with Crippen molar-refractivity contribution in [2.45, 2.75) is 20.4 Å². The third kappa shape index (κ3) is 4.73. The van der Waals surface area contributed by atoms with Gasteiger partial charge in [0.2, 0.25) is 5.91 Å². The van der Waals surface area contributed by atoms with E-state index in [1.54, 1.807) is 31.3 Å². The monoisotopic (exact) mass is 454 g/mol. The molecule has 0 aliphatic heterocycles. The van der Waals surface area contributed by atoms with Crippen molar-refractivity contribution >= 4 is 28.3 Å². The first-order valence-electron chi connectivity index (χ1n) is 11.0. The van der Waals surface area contributed by atoms with E-state index in [4.69, 9.17) is 0 Å². The zero-order chi connectivity index (χ0) is 24.2. The largest absolute Gasteiger partial charge is 0.331 e. The summed E-state index contributed by atoms with van der Waals surface area (Å²) in [5.74, 6) is -0.746. The van der Waals surface area contributed by atoms with Crippen LogP contribution in [0.5, 0.6) is 0 Å². The van der Waals surface area contributed by atoms with E-state index in [9.17, 15) is 14.4 Å². The second kappa shape index (κ2) is 9.70. The van der Waals surface area contributed by atoms with Crippen LogP contribution >= 0.6 is 0 Å². The molecule has 0 atom stereocenters. The molecule has 4 aromatic rings. The zero-order valence-electron chi connectivity index (χ0n) is 19.4. The fourth-order valence-corrected chi connectivity index (χ4v) is 3.92. The molecule has 0 fully saturated rings. The Morgan fingerprint density at radius 3 is 2.18 bits per heavy atom. The summed E-state index contributed by atoms with van der Waals surface area (Å²) < 4.78 is 1.30. The number of likely N-dealkylation sites (N-methyl/N-ethyl adjacent to an activating group) is 1. The van der Waals surface area contributed by atoms with Gasteiger partial charge in [0, 0.05) is 18.1 Å². The molecule has 0 saturated heterocycles. The van der Waals surface area contributed by atoms with E-state index in [1.807, 2.05) is 62.4 Å². The van der Waals surface area contributed by atoms with Crippen LogP contribution in [0.3, 0.4) is 0 Å². The molecule has 0 unspecified atom stereocenters. The van der Waals surface area contributed by atoms with Crippen molar-refractivity contribution in [1.82, 2.24) is 14.7 Å². The van der Waals surface area contributed by atoms with E-state index >= 15 is 0 Å². The van der Waals surface area contributed by atoms with Crippen LogP contribution in [0, 0.1) is 13.8 Å². The number of carbonyl (C=O) groups excluding carboxylic acids is 2. The van der Waals surface area contributed by atoms with Gasteiger partial charge in [0.15, 0.2) is 5.69 Å². The van der Waals surface area contributed by atoms with E-state index in [2.05, 4.69) is 10.4 Å². The lowest BCUT2D eigenvalue weighted by Crippen LogP contribution is -2.37. The van der Waals surface area contributed by atoms with Gasteiger partial charge in [-0.05, 0) is 36.6 Å². The SMILES string of the molecule is Cc1cccc(C)c1NC(=O)CN(C)C(=O)c1nn(Cc2ccccc2)c(=O)c2ccccc12. The lowest BCUT2D eigenvalue weighted by Gasteiger charge is -2.19. The molecule has 172 valence electrons. The second-order valence-electron chi connectivity index (χ2n) is 8.32. The highest BCUT2D eigenvalue weighted by Gasteiger charge is 2.22. The molecule has 3 aromatic carbocycles. The predicted octanol–water partition coefficient (Wildman–Crippen LogP) is 3.77. The van der Waals surface area contributed by atoms with Crippen molar-refractivity contribution in [3.63, 3.8) is 0 Å². The number of aryl methyl sites for hydroxylation is 2. The molecular formula is C27H26N4O3. The Kier molecular flexibility index (Phi) is 6.54. The maximum atomic E-state index is 13.4. The Labute approximate surface area is 197 Å². The number of aromatic nitrogens is 2. The number of anilines is 1. The summed E-state index contributed by atoms with van der Waals surface area (Å²) in [4.78, 5) is 40.4.